The second-order valence-electron chi connectivity index (χ2n) is 3.74. The van der Waals surface area contributed by atoms with Crippen LogP contribution in [0.15, 0.2) is 24.0 Å². The van der Waals surface area contributed by atoms with Crippen molar-refractivity contribution in [3.8, 4) is 0 Å². The van der Waals surface area contributed by atoms with E-state index in [-0.39, 0.29) is 6.42 Å². The van der Waals surface area contributed by atoms with E-state index in [0.717, 1.165) is 11.3 Å². The second-order valence-corrected chi connectivity index (χ2v) is 5.07. The van der Waals surface area contributed by atoms with Crippen molar-refractivity contribution in [2.24, 2.45) is 0 Å². The minimum Gasteiger partial charge on any atom is -0.480 e. The lowest BCUT2D eigenvalue weighted by Gasteiger charge is -2.13. The van der Waals surface area contributed by atoms with Crippen LogP contribution in [0.5, 0.6) is 0 Å². The Labute approximate surface area is 117 Å². The number of hydrogen-bond acceptors (Lipinski definition) is 4. The molecule has 0 unspecified atom stereocenters. The molecule has 0 aliphatic rings. The van der Waals surface area contributed by atoms with Crippen molar-refractivity contribution in [2.45, 2.75) is 12.5 Å². The van der Waals surface area contributed by atoms with Crippen molar-refractivity contribution in [3.63, 3.8) is 0 Å². The molecule has 2 aromatic heterocycles. The molecule has 0 bridgehead atoms. The molecular weight excluding hydrogens is 290 g/mol. The zero-order chi connectivity index (χ0) is 13.8. The van der Waals surface area contributed by atoms with Gasteiger partial charge in [0.15, 0.2) is 0 Å². The van der Waals surface area contributed by atoms with E-state index in [1.165, 1.54) is 12.5 Å². The summed E-state index contributed by atoms with van der Waals surface area (Å²) in [6.07, 6.45) is 3.09. The highest BCUT2D eigenvalue weighted by atomic mass is 35.5. The fourth-order valence-corrected chi connectivity index (χ4v) is 2.54. The first-order valence-corrected chi connectivity index (χ1v) is 6.57. The van der Waals surface area contributed by atoms with E-state index in [0.29, 0.717) is 15.6 Å². The summed E-state index contributed by atoms with van der Waals surface area (Å²) in [5.41, 5.74) is 0.630. The normalized spacial score (nSPS) is 12.1. The van der Waals surface area contributed by atoms with Crippen LogP contribution in [-0.2, 0) is 11.2 Å². The maximum atomic E-state index is 11.9. The second kappa shape index (κ2) is 5.85. The van der Waals surface area contributed by atoms with E-state index in [9.17, 15) is 9.59 Å². The number of carboxylic acids is 1. The Balaban J connectivity index is 2.07. The van der Waals surface area contributed by atoms with Crippen molar-refractivity contribution >= 4 is 34.8 Å². The largest absolute Gasteiger partial charge is 0.480 e. The number of nitrogens with zero attached hydrogens (tertiary/aromatic N) is 1. The van der Waals surface area contributed by atoms with Crippen molar-refractivity contribution in [1.82, 2.24) is 15.3 Å². The lowest BCUT2D eigenvalue weighted by molar-refractivity contribution is -0.139. The lowest BCUT2D eigenvalue weighted by atomic mass is 10.1. The Bertz CT molecular complexity index is 582. The summed E-state index contributed by atoms with van der Waals surface area (Å²) in [5.74, 6) is -1.61. The van der Waals surface area contributed by atoms with Crippen LogP contribution in [0.3, 0.4) is 0 Å². The predicted molar refractivity (Wildman–Crippen MR) is 70.5 cm³/mol. The third kappa shape index (κ3) is 3.33. The van der Waals surface area contributed by atoms with Gasteiger partial charge < -0.3 is 15.4 Å². The molecule has 0 saturated carbocycles. The van der Waals surface area contributed by atoms with Gasteiger partial charge in [0, 0.05) is 18.3 Å². The van der Waals surface area contributed by atoms with Gasteiger partial charge in [-0.2, -0.15) is 0 Å². The molecule has 1 atom stereocenters. The zero-order valence-corrected chi connectivity index (χ0v) is 11.2. The van der Waals surface area contributed by atoms with Crippen LogP contribution >= 0.6 is 22.9 Å². The Morgan fingerprint density at radius 1 is 1.58 bits per heavy atom. The number of imidazole rings is 1. The number of hydrogen-bond donors (Lipinski definition) is 3. The number of carbonyl (C=O) groups excluding carboxylic acids is 1. The van der Waals surface area contributed by atoms with Crippen LogP contribution in [0, 0.1) is 0 Å². The molecule has 2 aromatic rings. The summed E-state index contributed by atoms with van der Waals surface area (Å²) >= 11 is 6.99. The topological polar surface area (TPSA) is 95.1 Å². The predicted octanol–water partition coefficient (Wildman–Crippen LogP) is 1.55. The van der Waals surface area contributed by atoms with E-state index >= 15 is 0 Å². The fraction of sp³-hybridized carbons (Fsp3) is 0.182. The van der Waals surface area contributed by atoms with Crippen LogP contribution in [0.4, 0.5) is 0 Å². The Morgan fingerprint density at radius 2 is 2.37 bits per heavy atom. The molecule has 0 aromatic carbocycles. The number of nitrogens with one attached hydrogen (secondary N) is 2. The van der Waals surface area contributed by atoms with Crippen molar-refractivity contribution in [1.29, 1.82) is 0 Å². The summed E-state index contributed by atoms with van der Waals surface area (Å²) in [7, 11) is 0. The molecule has 0 saturated heterocycles. The lowest BCUT2D eigenvalue weighted by Crippen LogP contribution is -2.42. The summed E-state index contributed by atoms with van der Waals surface area (Å²) in [4.78, 5) is 29.9. The molecule has 1 amide bonds. The Hall–Kier alpha value is -1.86. The number of amides is 1. The number of halogens is 1. The molecule has 6 nitrogen and oxygen atoms in total. The molecular formula is C11H10ClN3O3S. The maximum Gasteiger partial charge on any atom is 0.326 e. The molecule has 2 heterocycles. The molecule has 0 radical (unpaired) electrons. The average Bonchev–Trinajstić information content (AvgIpc) is 2.99. The highest BCUT2D eigenvalue weighted by Gasteiger charge is 2.23. The molecule has 0 aliphatic heterocycles. The quantitative estimate of drug-likeness (QED) is 0.780. The molecule has 0 spiro atoms. The van der Waals surface area contributed by atoms with Gasteiger partial charge in [0.1, 0.15) is 10.9 Å². The number of thiophene rings is 1. The van der Waals surface area contributed by atoms with Gasteiger partial charge in [-0.25, -0.2) is 9.78 Å². The monoisotopic (exact) mass is 299 g/mol. The molecule has 2 rings (SSSR count). The number of aliphatic carboxylic acids is 1. The maximum absolute atomic E-state index is 11.9. The van der Waals surface area contributed by atoms with Gasteiger partial charge in [-0.1, -0.05) is 11.6 Å². The molecule has 0 fully saturated rings. The van der Waals surface area contributed by atoms with E-state index in [4.69, 9.17) is 16.7 Å². The van der Waals surface area contributed by atoms with Crippen molar-refractivity contribution < 1.29 is 14.7 Å². The van der Waals surface area contributed by atoms with Gasteiger partial charge in [-0.15, -0.1) is 11.3 Å². The molecule has 8 heteroatoms. The van der Waals surface area contributed by atoms with E-state index in [2.05, 4.69) is 15.3 Å². The first-order valence-electron chi connectivity index (χ1n) is 5.32. The molecule has 0 aliphatic carbocycles. The first kappa shape index (κ1) is 13.6. The molecule has 100 valence electrons. The van der Waals surface area contributed by atoms with Crippen LogP contribution in [-0.4, -0.2) is 33.0 Å². The number of aromatic nitrogens is 2. The van der Waals surface area contributed by atoms with E-state index in [1.54, 1.807) is 11.4 Å². The van der Waals surface area contributed by atoms with Crippen LogP contribution < -0.4 is 5.32 Å². The standard InChI is InChI=1S/C11H10ClN3O3S/c12-7-1-2-19-9(7)10(16)15-8(11(17)18)3-6-4-13-5-14-6/h1-2,4-5,8H,3H2,(H,13,14)(H,15,16)(H,17,18)/t8-/m0/s1. The number of rotatable bonds is 5. The highest BCUT2D eigenvalue weighted by Crippen LogP contribution is 2.21. The van der Waals surface area contributed by atoms with Gasteiger partial charge >= 0.3 is 5.97 Å². The number of carboxylic acid groups (broad SMARTS) is 1. The minimum absolute atomic E-state index is 0.129. The average molecular weight is 300 g/mol. The Morgan fingerprint density at radius 3 is 2.89 bits per heavy atom. The third-order valence-electron chi connectivity index (χ3n) is 2.41. The van der Waals surface area contributed by atoms with Gasteiger partial charge in [0.2, 0.25) is 0 Å². The highest BCUT2D eigenvalue weighted by molar-refractivity contribution is 7.12. The van der Waals surface area contributed by atoms with E-state index in [1.807, 2.05) is 0 Å². The molecule has 19 heavy (non-hydrogen) atoms. The van der Waals surface area contributed by atoms with Crippen molar-refractivity contribution in [3.05, 3.63) is 39.6 Å². The van der Waals surface area contributed by atoms with Crippen LogP contribution in [0.1, 0.15) is 15.4 Å². The smallest absolute Gasteiger partial charge is 0.326 e. The SMILES string of the molecule is O=C(N[C@@H](Cc1cnc[nH]1)C(=O)O)c1sccc1Cl. The third-order valence-corrected chi connectivity index (χ3v) is 3.75. The zero-order valence-electron chi connectivity index (χ0n) is 9.59. The summed E-state index contributed by atoms with van der Waals surface area (Å²) in [6.45, 7) is 0. The molecule has 3 N–H and O–H groups in total. The van der Waals surface area contributed by atoms with E-state index < -0.39 is 17.9 Å². The summed E-state index contributed by atoms with van der Waals surface area (Å²) < 4.78 is 0. The summed E-state index contributed by atoms with van der Waals surface area (Å²) in [5, 5.41) is 13.5. The number of H-pyrrole nitrogens is 1. The van der Waals surface area contributed by atoms with Gasteiger partial charge in [-0.05, 0) is 11.4 Å². The fourth-order valence-electron chi connectivity index (χ4n) is 1.50. The van der Waals surface area contributed by atoms with Crippen LogP contribution in [0.25, 0.3) is 0 Å². The van der Waals surface area contributed by atoms with Gasteiger partial charge in [0.05, 0.1) is 11.3 Å². The Kier molecular flexibility index (Phi) is 4.18. The number of aromatic amines is 1. The minimum atomic E-state index is -1.12. The van der Waals surface area contributed by atoms with Gasteiger partial charge in [0.25, 0.3) is 5.91 Å². The van der Waals surface area contributed by atoms with Crippen LogP contribution in [0.2, 0.25) is 5.02 Å². The van der Waals surface area contributed by atoms with Crippen molar-refractivity contribution in [2.75, 3.05) is 0 Å². The number of carbonyl (C=O) groups is 2. The summed E-state index contributed by atoms with van der Waals surface area (Å²) in [6, 6.07) is 0.553. The van der Waals surface area contributed by atoms with Gasteiger partial charge in [-0.3, -0.25) is 4.79 Å². The first-order chi connectivity index (χ1) is 9.08.